The van der Waals surface area contributed by atoms with Crippen molar-refractivity contribution in [3.8, 4) is 0 Å². The van der Waals surface area contributed by atoms with Gasteiger partial charge in [0.15, 0.2) is 0 Å². The lowest BCUT2D eigenvalue weighted by Crippen LogP contribution is -2.31. The molecule has 6 unspecified atom stereocenters. The Labute approximate surface area is 82.1 Å². The molecule has 0 saturated heterocycles. The maximum atomic E-state index is 2.54. The molecule has 0 radical (unpaired) electrons. The highest BCUT2D eigenvalue weighted by molar-refractivity contribution is 5.45. The van der Waals surface area contributed by atoms with Gasteiger partial charge in [0.25, 0.3) is 0 Å². The summed E-state index contributed by atoms with van der Waals surface area (Å²) in [6.45, 7) is 9.76. The molecule has 0 aromatic heterocycles. The van der Waals surface area contributed by atoms with Crippen LogP contribution in [0.25, 0.3) is 0 Å². The molecule has 0 nitrogen and oxygen atoms in total. The van der Waals surface area contributed by atoms with E-state index in [1.807, 2.05) is 0 Å². The third kappa shape index (κ3) is 0.620. The van der Waals surface area contributed by atoms with Crippen LogP contribution in [0.3, 0.4) is 0 Å². The van der Waals surface area contributed by atoms with Gasteiger partial charge in [0, 0.05) is 0 Å². The topological polar surface area (TPSA) is 0 Å². The summed E-state index contributed by atoms with van der Waals surface area (Å²) < 4.78 is 0. The Morgan fingerprint density at radius 3 is 2.54 bits per heavy atom. The van der Waals surface area contributed by atoms with Crippen LogP contribution >= 0.6 is 0 Å². The summed E-state index contributed by atoms with van der Waals surface area (Å²) in [5.41, 5.74) is 1.75. The van der Waals surface area contributed by atoms with Crippen LogP contribution in [0.1, 0.15) is 47.0 Å². The van der Waals surface area contributed by atoms with Crippen molar-refractivity contribution in [2.24, 2.45) is 34.5 Å². The van der Waals surface area contributed by atoms with E-state index >= 15 is 0 Å². The monoisotopic (exact) mass is 178 g/mol. The van der Waals surface area contributed by atoms with E-state index in [1.54, 1.807) is 6.42 Å². The maximum absolute atomic E-state index is 2.54. The van der Waals surface area contributed by atoms with Crippen LogP contribution in [0.15, 0.2) is 0 Å². The molecule has 3 fully saturated rings. The molecule has 3 rings (SSSR count). The van der Waals surface area contributed by atoms with Crippen molar-refractivity contribution in [3.63, 3.8) is 0 Å². The van der Waals surface area contributed by atoms with Crippen LogP contribution in [0.4, 0.5) is 0 Å². The summed E-state index contributed by atoms with van der Waals surface area (Å²) in [6, 6.07) is 0. The quantitative estimate of drug-likeness (QED) is 0.618. The number of fused-ring (bicyclic) bond motifs is 1. The molecule has 74 valence electrons. The lowest BCUT2D eigenvalue weighted by molar-refractivity contribution is 0.103. The normalized spacial score (nSPS) is 63.2. The summed E-state index contributed by atoms with van der Waals surface area (Å²) >= 11 is 0. The first-order chi connectivity index (χ1) is 6.09. The Morgan fingerprint density at radius 2 is 2.15 bits per heavy atom. The Bertz CT molecular complexity index is 245. The molecule has 6 atom stereocenters. The van der Waals surface area contributed by atoms with Gasteiger partial charge in [-0.1, -0.05) is 34.1 Å². The Kier molecular flexibility index (Phi) is 1.27. The van der Waals surface area contributed by atoms with Gasteiger partial charge in [-0.15, -0.1) is 0 Å². The number of hydrogen-bond acceptors (Lipinski definition) is 0. The van der Waals surface area contributed by atoms with Crippen LogP contribution in [-0.4, -0.2) is 0 Å². The second kappa shape index (κ2) is 1.99. The van der Waals surface area contributed by atoms with E-state index in [-0.39, 0.29) is 0 Å². The van der Waals surface area contributed by atoms with Crippen molar-refractivity contribution < 1.29 is 0 Å². The van der Waals surface area contributed by atoms with E-state index in [1.165, 1.54) is 18.8 Å². The largest absolute Gasteiger partial charge is 0.0651 e. The highest BCUT2D eigenvalue weighted by Gasteiger charge is 2.98. The Morgan fingerprint density at radius 1 is 1.46 bits per heavy atom. The third-order valence-corrected chi connectivity index (χ3v) is 6.18. The van der Waals surface area contributed by atoms with Gasteiger partial charge in [0.05, 0.1) is 0 Å². The predicted octanol–water partition coefficient (Wildman–Crippen LogP) is 3.71. The highest BCUT2D eigenvalue weighted by Crippen LogP contribution is 3.03. The van der Waals surface area contributed by atoms with Gasteiger partial charge in [0.2, 0.25) is 0 Å². The van der Waals surface area contributed by atoms with E-state index in [2.05, 4.69) is 27.7 Å². The molecule has 3 aliphatic rings. The van der Waals surface area contributed by atoms with Gasteiger partial charge in [-0.25, -0.2) is 0 Å². The highest BCUT2D eigenvalue weighted by atomic mass is 15.0. The molecule has 13 heavy (non-hydrogen) atoms. The lowest BCUT2D eigenvalue weighted by Gasteiger charge is -2.38. The minimum Gasteiger partial charge on any atom is -0.0651 e. The van der Waals surface area contributed by atoms with Crippen LogP contribution in [-0.2, 0) is 0 Å². The average molecular weight is 178 g/mol. The molecular formula is C13H22. The Balaban J connectivity index is 1.59. The zero-order chi connectivity index (χ0) is 9.43. The fraction of sp³-hybridized carbons (Fsp3) is 1.00. The standard InChI is InChI=1S/C13H22/c1-5-8(2)6-10-7-13-9(3)12(13,4)11(10)13/h8-11H,5-7H2,1-4H3. The van der Waals surface area contributed by atoms with Crippen LogP contribution < -0.4 is 0 Å². The fourth-order valence-corrected chi connectivity index (χ4v) is 4.95. The SMILES string of the molecule is CCC(C)CC1CC23C(C)C2(C)C13. The van der Waals surface area contributed by atoms with E-state index in [0.717, 1.165) is 28.6 Å². The first kappa shape index (κ1) is 8.32. The molecule has 0 heteroatoms. The van der Waals surface area contributed by atoms with Gasteiger partial charge in [-0.2, -0.15) is 0 Å². The summed E-state index contributed by atoms with van der Waals surface area (Å²) in [7, 11) is 0. The van der Waals surface area contributed by atoms with Crippen molar-refractivity contribution >= 4 is 0 Å². The van der Waals surface area contributed by atoms with Crippen LogP contribution in [0.2, 0.25) is 0 Å². The molecule has 3 aliphatic carbocycles. The molecule has 0 aromatic rings. The number of rotatable bonds is 3. The zero-order valence-corrected chi connectivity index (χ0v) is 9.43. The van der Waals surface area contributed by atoms with Gasteiger partial charge in [-0.05, 0) is 47.3 Å². The smallest absolute Gasteiger partial charge is 0.0168 e. The lowest BCUT2D eigenvalue weighted by atomic mass is 9.66. The molecule has 0 aromatic carbocycles. The molecular weight excluding hydrogens is 156 g/mol. The van der Waals surface area contributed by atoms with Crippen LogP contribution in [0.5, 0.6) is 0 Å². The average Bonchev–Trinajstić information content (AvgIpc) is 2.74. The third-order valence-electron chi connectivity index (χ3n) is 6.18. The summed E-state index contributed by atoms with van der Waals surface area (Å²) in [4.78, 5) is 0. The summed E-state index contributed by atoms with van der Waals surface area (Å²) in [6.07, 6.45) is 4.48. The molecule has 0 amide bonds. The van der Waals surface area contributed by atoms with Gasteiger partial charge in [-0.3, -0.25) is 0 Å². The predicted molar refractivity (Wildman–Crippen MR) is 55.4 cm³/mol. The minimum absolute atomic E-state index is 0.838. The van der Waals surface area contributed by atoms with E-state index in [9.17, 15) is 0 Å². The van der Waals surface area contributed by atoms with Gasteiger partial charge in [0.1, 0.15) is 0 Å². The van der Waals surface area contributed by atoms with Gasteiger partial charge >= 0.3 is 0 Å². The second-order valence-corrected chi connectivity index (χ2v) is 6.24. The molecule has 0 bridgehead atoms. The summed E-state index contributed by atoms with van der Waals surface area (Å²) in [5.74, 6) is 4.35. The molecule has 0 aliphatic heterocycles. The maximum Gasteiger partial charge on any atom is -0.0168 e. The van der Waals surface area contributed by atoms with Crippen molar-refractivity contribution in [2.75, 3.05) is 0 Å². The molecule has 3 saturated carbocycles. The second-order valence-electron chi connectivity index (χ2n) is 6.24. The van der Waals surface area contributed by atoms with E-state index < -0.39 is 0 Å². The first-order valence-corrected chi connectivity index (χ1v) is 6.09. The number of hydrogen-bond donors (Lipinski definition) is 0. The van der Waals surface area contributed by atoms with Crippen LogP contribution in [0, 0.1) is 34.5 Å². The zero-order valence-electron chi connectivity index (χ0n) is 9.43. The van der Waals surface area contributed by atoms with E-state index in [4.69, 9.17) is 0 Å². The Hall–Kier alpha value is 0. The minimum atomic E-state index is 0.838. The molecule has 0 N–H and O–H groups in total. The fourth-order valence-electron chi connectivity index (χ4n) is 4.95. The van der Waals surface area contributed by atoms with Gasteiger partial charge < -0.3 is 0 Å². The van der Waals surface area contributed by atoms with Crippen molar-refractivity contribution in [2.45, 2.75) is 47.0 Å². The first-order valence-electron chi connectivity index (χ1n) is 6.09. The summed E-state index contributed by atoms with van der Waals surface area (Å²) in [5, 5.41) is 0. The van der Waals surface area contributed by atoms with Crippen molar-refractivity contribution in [3.05, 3.63) is 0 Å². The van der Waals surface area contributed by atoms with Crippen molar-refractivity contribution in [1.29, 1.82) is 0 Å². The molecule has 0 heterocycles. The molecule has 1 spiro atoms. The van der Waals surface area contributed by atoms with Crippen molar-refractivity contribution in [1.82, 2.24) is 0 Å². The van der Waals surface area contributed by atoms with E-state index in [0.29, 0.717) is 0 Å².